The molecule has 1 rings (SSSR count). The van der Waals surface area contributed by atoms with Crippen LogP contribution in [0.1, 0.15) is 25.7 Å². The van der Waals surface area contributed by atoms with E-state index in [0.29, 0.717) is 13.2 Å². The maximum Gasteiger partial charge on any atom is 0.321 e. The van der Waals surface area contributed by atoms with Gasteiger partial charge in [-0.25, -0.2) is 4.79 Å². The summed E-state index contributed by atoms with van der Waals surface area (Å²) in [5.74, 6) is -0.347. The summed E-state index contributed by atoms with van der Waals surface area (Å²) in [6, 6.07) is -0.498. The minimum absolute atomic E-state index is 0.0137. The minimum Gasteiger partial charge on any atom is -0.395 e. The average molecular weight is 287 g/mol. The Balaban J connectivity index is 2.33. The molecule has 7 nitrogen and oxygen atoms in total. The van der Waals surface area contributed by atoms with Crippen LogP contribution in [-0.2, 0) is 9.53 Å². The number of carbonyl (C=O) groups excluding carboxylic acids is 2. The first-order chi connectivity index (χ1) is 9.67. The number of rotatable bonds is 6. The number of urea groups is 1. The summed E-state index contributed by atoms with van der Waals surface area (Å²) >= 11 is 0. The topological polar surface area (TPSA) is 90.9 Å². The average Bonchev–Trinajstić information content (AvgIpc) is 2.63. The number of ether oxygens (including phenoxy) is 1. The predicted molar refractivity (Wildman–Crippen MR) is 74.3 cm³/mol. The zero-order valence-corrected chi connectivity index (χ0v) is 12.1. The van der Waals surface area contributed by atoms with Gasteiger partial charge in [0.15, 0.2) is 0 Å². The standard InChI is InChI=1S/C13H25N3O4/c1-20-8-6-14-13(19)15-12(18)9-16-7-4-2-3-5-11(16)10-17/h11,17H,2-10H2,1H3,(H2,14,15,18,19). The summed E-state index contributed by atoms with van der Waals surface area (Å²) in [4.78, 5) is 25.2. The maximum absolute atomic E-state index is 11.8. The SMILES string of the molecule is COCCNC(=O)NC(=O)CN1CCCCCC1CO. The Kier molecular flexibility index (Phi) is 8.17. The second-order valence-electron chi connectivity index (χ2n) is 4.95. The van der Waals surface area contributed by atoms with Gasteiger partial charge in [-0.2, -0.15) is 0 Å². The fourth-order valence-corrected chi connectivity index (χ4v) is 2.31. The molecule has 0 aromatic heterocycles. The highest BCUT2D eigenvalue weighted by molar-refractivity contribution is 5.95. The molecule has 1 fully saturated rings. The second kappa shape index (κ2) is 9.68. The van der Waals surface area contributed by atoms with Crippen LogP contribution in [0.5, 0.6) is 0 Å². The van der Waals surface area contributed by atoms with E-state index in [9.17, 15) is 14.7 Å². The van der Waals surface area contributed by atoms with Crippen molar-refractivity contribution in [2.45, 2.75) is 31.7 Å². The van der Waals surface area contributed by atoms with Crippen LogP contribution in [0.3, 0.4) is 0 Å². The lowest BCUT2D eigenvalue weighted by Gasteiger charge is -2.27. The third-order valence-electron chi connectivity index (χ3n) is 3.40. The van der Waals surface area contributed by atoms with Crippen molar-refractivity contribution < 1.29 is 19.4 Å². The Bertz CT molecular complexity index is 312. The Hall–Kier alpha value is -1.18. The summed E-state index contributed by atoms with van der Waals surface area (Å²) in [6.45, 7) is 1.74. The molecule has 1 unspecified atom stereocenters. The van der Waals surface area contributed by atoms with E-state index >= 15 is 0 Å². The first-order valence-electron chi connectivity index (χ1n) is 7.09. The Morgan fingerprint density at radius 2 is 2.15 bits per heavy atom. The summed E-state index contributed by atoms with van der Waals surface area (Å²) < 4.78 is 4.80. The first kappa shape index (κ1) is 16.9. The van der Waals surface area contributed by atoms with Gasteiger partial charge < -0.3 is 15.2 Å². The third kappa shape index (κ3) is 6.31. The van der Waals surface area contributed by atoms with Gasteiger partial charge in [0.25, 0.3) is 0 Å². The van der Waals surface area contributed by atoms with Crippen molar-refractivity contribution in [3.8, 4) is 0 Å². The summed E-state index contributed by atoms with van der Waals surface area (Å²) in [7, 11) is 1.54. The van der Waals surface area contributed by atoms with Crippen LogP contribution in [0, 0.1) is 0 Å². The molecule has 0 aromatic rings. The van der Waals surface area contributed by atoms with E-state index in [1.54, 1.807) is 7.11 Å². The molecule has 0 radical (unpaired) electrons. The smallest absolute Gasteiger partial charge is 0.321 e. The van der Waals surface area contributed by atoms with E-state index in [1.807, 2.05) is 4.90 Å². The van der Waals surface area contributed by atoms with Crippen LogP contribution in [0.25, 0.3) is 0 Å². The number of methoxy groups -OCH3 is 1. The maximum atomic E-state index is 11.8. The van der Waals surface area contributed by atoms with E-state index in [4.69, 9.17) is 4.74 Å². The molecule has 3 N–H and O–H groups in total. The molecule has 1 aliphatic rings. The van der Waals surface area contributed by atoms with Gasteiger partial charge in [-0.05, 0) is 19.4 Å². The number of likely N-dealkylation sites (tertiary alicyclic amines) is 1. The van der Waals surface area contributed by atoms with Gasteiger partial charge in [-0.1, -0.05) is 12.8 Å². The fraction of sp³-hybridized carbons (Fsp3) is 0.846. The van der Waals surface area contributed by atoms with E-state index in [2.05, 4.69) is 10.6 Å². The minimum atomic E-state index is -0.512. The van der Waals surface area contributed by atoms with Crippen LogP contribution < -0.4 is 10.6 Å². The molecule has 1 atom stereocenters. The molecule has 3 amide bonds. The molecule has 1 aliphatic heterocycles. The highest BCUT2D eigenvalue weighted by Crippen LogP contribution is 2.15. The largest absolute Gasteiger partial charge is 0.395 e. The lowest BCUT2D eigenvalue weighted by molar-refractivity contribution is -0.121. The van der Waals surface area contributed by atoms with Crippen LogP contribution in [-0.4, -0.2) is 67.9 Å². The highest BCUT2D eigenvalue weighted by Gasteiger charge is 2.22. The van der Waals surface area contributed by atoms with E-state index in [0.717, 1.165) is 32.2 Å². The van der Waals surface area contributed by atoms with Gasteiger partial charge >= 0.3 is 6.03 Å². The molecule has 1 heterocycles. The second-order valence-corrected chi connectivity index (χ2v) is 4.95. The molecular weight excluding hydrogens is 262 g/mol. The number of aliphatic hydroxyl groups excluding tert-OH is 1. The highest BCUT2D eigenvalue weighted by atomic mass is 16.5. The fourth-order valence-electron chi connectivity index (χ4n) is 2.31. The molecule has 7 heteroatoms. The van der Waals surface area contributed by atoms with Gasteiger partial charge in [0.05, 0.1) is 19.8 Å². The van der Waals surface area contributed by atoms with Crippen molar-refractivity contribution in [1.82, 2.24) is 15.5 Å². The normalized spacial score (nSPS) is 20.2. The number of carbonyl (C=O) groups is 2. The predicted octanol–water partition coefficient (Wildman–Crippen LogP) is -0.304. The number of aliphatic hydroxyl groups is 1. The number of hydrogen-bond acceptors (Lipinski definition) is 5. The van der Waals surface area contributed by atoms with Crippen molar-refractivity contribution in [3.05, 3.63) is 0 Å². The van der Waals surface area contributed by atoms with Crippen LogP contribution in [0.2, 0.25) is 0 Å². The number of hydrogen-bond donors (Lipinski definition) is 3. The first-order valence-corrected chi connectivity index (χ1v) is 7.09. The van der Waals surface area contributed by atoms with Crippen molar-refractivity contribution in [1.29, 1.82) is 0 Å². The van der Waals surface area contributed by atoms with E-state index in [1.165, 1.54) is 0 Å². The Labute approximate surface area is 119 Å². The summed E-state index contributed by atoms with van der Waals surface area (Å²) in [5.41, 5.74) is 0. The van der Waals surface area contributed by atoms with Gasteiger partial charge in [-0.15, -0.1) is 0 Å². The molecule has 0 aromatic carbocycles. The zero-order chi connectivity index (χ0) is 14.8. The molecule has 0 saturated carbocycles. The number of nitrogens with one attached hydrogen (secondary N) is 2. The Morgan fingerprint density at radius 1 is 1.35 bits per heavy atom. The molecule has 1 saturated heterocycles. The molecule has 0 bridgehead atoms. The third-order valence-corrected chi connectivity index (χ3v) is 3.40. The lowest BCUT2D eigenvalue weighted by atomic mass is 10.1. The number of amides is 3. The van der Waals surface area contributed by atoms with E-state index in [-0.39, 0.29) is 25.1 Å². The van der Waals surface area contributed by atoms with E-state index < -0.39 is 6.03 Å². The molecule has 0 spiro atoms. The van der Waals surface area contributed by atoms with Crippen molar-refractivity contribution in [2.24, 2.45) is 0 Å². The molecule has 116 valence electrons. The number of imide groups is 1. The molecule has 0 aliphatic carbocycles. The van der Waals surface area contributed by atoms with Crippen LogP contribution in [0.15, 0.2) is 0 Å². The van der Waals surface area contributed by atoms with Gasteiger partial charge in [0, 0.05) is 19.7 Å². The molecule has 20 heavy (non-hydrogen) atoms. The number of nitrogens with zero attached hydrogens (tertiary/aromatic N) is 1. The summed E-state index contributed by atoms with van der Waals surface area (Å²) in [6.07, 6.45) is 4.10. The lowest BCUT2D eigenvalue weighted by Crippen LogP contribution is -2.48. The van der Waals surface area contributed by atoms with Gasteiger partial charge in [-0.3, -0.25) is 15.0 Å². The monoisotopic (exact) mass is 287 g/mol. The Morgan fingerprint density at radius 3 is 2.85 bits per heavy atom. The van der Waals surface area contributed by atoms with Crippen LogP contribution >= 0.6 is 0 Å². The van der Waals surface area contributed by atoms with Crippen molar-refractivity contribution >= 4 is 11.9 Å². The van der Waals surface area contributed by atoms with Crippen LogP contribution in [0.4, 0.5) is 4.79 Å². The summed E-state index contributed by atoms with van der Waals surface area (Å²) in [5, 5.41) is 14.2. The quantitative estimate of drug-likeness (QED) is 0.583. The van der Waals surface area contributed by atoms with Crippen molar-refractivity contribution in [3.63, 3.8) is 0 Å². The van der Waals surface area contributed by atoms with Gasteiger partial charge in [0.1, 0.15) is 0 Å². The van der Waals surface area contributed by atoms with Crippen molar-refractivity contribution in [2.75, 3.05) is 40.0 Å². The van der Waals surface area contributed by atoms with Gasteiger partial charge in [0.2, 0.25) is 5.91 Å². The zero-order valence-electron chi connectivity index (χ0n) is 12.1. The molecular formula is C13H25N3O4.